The summed E-state index contributed by atoms with van der Waals surface area (Å²) >= 11 is 0. The van der Waals surface area contributed by atoms with Crippen LogP contribution in [0.4, 0.5) is 0 Å². The monoisotopic (exact) mass is 538 g/mol. The second-order valence-electron chi connectivity index (χ2n) is 12.5. The van der Waals surface area contributed by atoms with Gasteiger partial charge in [-0.25, -0.2) is 0 Å². The Morgan fingerprint density at radius 1 is 0.619 bits per heavy atom. The van der Waals surface area contributed by atoms with Crippen LogP contribution in [0.25, 0.3) is 50.6 Å². The van der Waals surface area contributed by atoms with Crippen LogP contribution in [0.15, 0.2) is 127 Å². The van der Waals surface area contributed by atoms with Gasteiger partial charge >= 0.3 is 0 Å². The minimum atomic E-state index is -0.00118. The maximum atomic E-state index is 6.76. The third-order valence-electron chi connectivity index (χ3n) is 9.83. The maximum absolute atomic E-state index is 6.76. The Labute approximate surface area is 246 Å². The first-order valence-electron chi connectivity index (χ1n) is 14.9. The lowest BCUT2D eigenvalue weighted by molar-refractivity contribution is 0.232. The molecular formula is C41H30O. The molecule has 1 aliphatic heterocycles. The standard InChI is InChI=1S/C41H30O/c1-41(2)36-16-6-5-13-31(36)35-22-27(18-20-37(35)41)25-10-7-11-26(21-25)28-17-19-32-34-15-8-14-33-30-12-4-3-9-29(30)24-39(40(33)34)42-38(32)23-28/h3-24,39-40H,1-2H3. The summed E-state index contributed by atoms with van der Waals surface area (Å²) < 4.78 is 6.76. The van der Waals surface area contributed by atoms with Crippen LogP contribution < -0.4 is 15.2 Å². The van der Waals surface area contributed by atoms with Gasteiger partial charge < -0.3 is 4.74 Å². The topological polar surface area (TPSA) is 9.23 Å². The molecule has 0 radical (unpaired) electrons. The molecule has 4 aliphatic rings. The molecule has 1 heterocycles. The molecule has 200 valence electrons. The van der Waals surface area contributed by atoms with E-state index in [-0.39, 0.29) is 17.4 Å². The molecule has 0 saturated carbocycles. The van der Waals surface area contributed by atoms with E-state index >= 15 is 0 Å². The zero-order valence-electron chi connectivity index (χ0n) is 23.8. The highest BCUT2D eigenvalue weighted by Crippen LogP contribution is 2.50. The molecule has 0 aromatic heterocycles. The summed E-state index contributed by atoms with van der Waals surface area (Å²) in [6.45, 7) is 4.67. The van der Waals surface area contributed by atoms with Crippen LogP contribution in [0.3, 0.4) is 0 Å². The van der Waals surface area contributed by atoms with Crippen molar-refractivity contribution >= 4 is 17.2 Å². The Kier molecular flexibility index (Phi) is 4.85. The zero-order chi connectivity index (χ0) is 28.0. The van der Waals surface area contributed by atoms with E-state index in [0.717, 1.165) is 5.75 Å². The van der Waals surface area contributed by atoms with Gasteiger partial charge in [-0.15, -0.1) is 0 Å². The first kappa shape index (κ1) is 23.8. The second kappa shape index (κ2) is 8.57. The van der Waals surface area contributed by atoms with Gasteiger partial charge in [0.15, 0.2) is 0 Å². The molecule has 1 heteroatoms. The number of fused-ring (bicyclic) bond motifs is 6. The minimum Gasteiger partial charge on any atom is -0.485 e. The number of allylic oxidation sites excluding steroid dienone is 3. The van der Waals surface area contributed by atoms with Crippen molar-refractivity contribution in [3.8, 4) is 39.1 Å². The van der Waals surface area contributed by atoms with Crippen molar-refractivity contribution in [2.45, 2.75) is 25.4 Å². The van der Waals surface area contributed by atoms with E-state index in [0.29, 0.717) is 0 Å². The molecule has 5 aromatic rings. The fourth-order valence-electron chi connectivity index (χ4n) is 7.74. The summed E-state index contributed by atoms with van der Waals surface area (Å²) in [7, 11) is 0. The highest BCUT2D eigenvalue weighted by molar-refractivity contribution is 5.91. The Bertz CT molecular complexity index is 2160. The van der Waals surface area contributed by atoms with Crippen molar-refractivity contribution in [1.82, 2.24) is 0 Å². The molecule has 2 atom stereocenters. The van der Waals surface area contributed by atoms with E-state index in [4.69, 9.17) is 4.74 Å². The molecule has 0 amide bonds. The fourth-order valence-corrected chi connectivity index (χ4v) is 7.74. The SMILES string of the molecule is CC1(C)c2ccccc2-c2cc(-c3cccc(-c4ccc5c(c4)OC4C=c6ccccc6=C6C=CC=C5C64)c3)ccc21. The molecule has 0 N–H and O–H groups in total. The van der Waals surface area contributed by atoms with Crippen molar-refractivity contribution < 1.29 is 4.74 Å². The number of ether oxygens (including phenoxy) is 1. The Hall–Kier alpha value is -4.88. The van der Waals surface area contributed by atoms with Crippen LogP contribution in [-0.2, 0) is 5.41 Å². The van der Waals surface area contributed by atoms with Crippen LogP contribution in [0.2, 0.25) is 0 Å². The van der Waals surface area contributed by atoms with E-state index < -0.39 is 0 Å². The first-order chi connectivity index (χ1) is 20.6. The molecule has 0 spiro atoms. The Balaban J connectivity index is 1.11. The van der Waals surface area contributed by atoms with Crippen molar-refractivity contribution in [2.75, 3.05) is 0 Å². The Morgan fingerprint density at radius 2 is 1.36 bits per heavy atom. The minimum absolute atomic E-state index is 0.00118. The quantitative estimate of drug-likeness (QED) is 0.220. The predicted octanol–water partition coefficient (Wildman–Crippen LogP) is 8.30. The van der Waals surface area contributed by atoms with Gasteiger partial charge in [0.2, 0.25) is 0 Å². The van der Waals surface area contributed by atoms with Gasteiger partial charge in [0.1, 0.15) is 11.9 Å². The lowest BCUT2D eigenvalue weighted by Gasteiger charge is -2.38. The average molecular weight is 539 g/mol. The van der Waals surface area contributed by atoms with Crippen LogP contribution in [0.5, 0.6) is 5.75 Å². The van der Waals surface area contributed by atoms with Crippen LogP contribution >= 0.6 is 0 Å². The Morgan fingerprint density at radius 3 is 2.26 bits per heavy atom. The van der Waals surface area contributed by atoms with Crippen LogP contribution in [-0.4, -0.2) is 6.10 Å². The molecule has 0 saturated heterocycles. The van der Waals surface area contributed by atoms with Crippen molar-refractivity contribution in [3.63, 3.8) is 0 Å². The maximum Gasteiger partial charge on any atom is 0.129 e. The summed E-state index contributed by atoms with van der Waals surface area (Å²) in [6.07, 6.45) is 9.04. The van der Waals surface area contributed by atoms with Crippen LogP contribution in [0, 0.1) is 5.92 Å². The van der Waals surface area contributed by atoms with Crippen molar-refractivity contribution in [1.29, 1.82) is 0 Å². The lowest BCUT2D eigenvalue weighted by Crippen LogP contribution is -2.43. The molecule has 0 fully saturated rings. The summed E-state index contributed by atoms with van der Waals surface area (Å²) in [6, 6.07) is 40.2. The summed E-state index contributed by atoms with van der Waals surface area (Å²) in [5.74, 6) is 1.20. The molecule has 5 aromatic carbocycles. The summed E-state index contributed by atoms with van der Waals surface area (Å²) in [5.41, 5.74) is 14.3. The molecule has 2 unspecified atom stereocenters. The van der Waals surface area contributed by atoms with E-state index in [9.17, 15) is 0 Å². The van der Waals surface area contributed by atoms with Gasteiger partial charge in [-0.2, -0.15) is 0 Å². The number of benzene rings is 5. The molecule has 1 nitrogen and oxygen atoms in total. The van der Waals surface area contributed by atoms with Gasteiger partial charge in [0.05, 0.1) is 5.92 Å². The number of hydrogen-bond donors (Lipinski definition) is 0. The van der Waals surface area contributed by atoms with Gasteiger partial charge in [0, 0.05) is 11.0 Å². The highest BCUT2D eigenvalue weighted by Gasteiger charge is 2.38. The smallest absolute Gasteiger partial charge is 0.129 e. The molecule has 42 heavy (non-hydrogen) atoms. The highest BCUT2D eigenvalue weighted by atomic mass is 16.5. The van der Waals surface area contributed by atoms with Gasteiger partial charge in [-0.3, -0.25) is 0 Å². The van der Waals surface area contributed by atoms with E-state index in [1.165, 1.54) is 71.7 Å². The zero-order valence-corrected chi connectivity index (χ0v) is 23.8. The third kappa shape index (κ3) is 3.31. The van der Waals surface area contributed by atoms with Gasteiger partial charge in [0.25, 0.3) is 0 Å². The lowest BCUT2D eigenvalue weighted by atomic mass is 9.74. The van der Waals surface area contributed by atoms with Gasteiger partial charge in [-0.05, 0) is 90.4 Å². The summed E-state index contributed by atoms with van der Waals surface area (Å²) in [4.78, 5) is 0. The van der Waals surface area contributed by atoms with Crippen LogP contribution in [0.1, 0.15) is 30.5 Å². The third-order valence-corrected chi connectivity index (χ3v) is 9.83. The number of rotatable bonds is 2. The van der Waals surface area contributed by atoms with Gasteiger partial charge in [-0.1, -0.05) is 123 Å². The average Bonchev–Trinajstić information content (AvgIpc) is 3.27. The van der Waals surface area contributed by atoms with Crippen molar-refractivity contribution in [2.24, 2.45) is 5.92 Å². The predicted molar refractivity (Wildman–Crippen MR) is 173 cm³/mol. The molecule has 9 rings (SSSR count). The molecular weight excluding hydrogens is 508 g/mol. The summed E-state index contributed by atoms with van der Waals surface area (Å²) in [5, 5.41) is 2.58. The first-order valence-corrected chi connectivity index (χ1v) is 14.9. The van der Waals surface area contributed by atoms with Crippen molar-refractivity contribution in [3.05, 3.63) is 155 Å². The largest absolute Gasteiger partial charge is 0.485 e. The van der Waals surface area contributed by atoms with E-state index in [1.807, 2.05) is 0 Å². The van der Waals surface area contributed by atoms with E-state index in [1.54, 1.807) is 0 Å². The molecule has 0 bridgehead atoms. The normalized spacial score (nSPS) is 19.8. The fraction of sp³-hybridized carbons (Fsp3) is 0.122. The number of hydrogen-bond acceptors (Lipinski definition) is 1. The molecule has 3 aliphatic carbocycles. The van der Waals surface area contributed by atoms with E-state index in [2.05, 4.69) is 147 Å². The second-order valence-corrected chi connectivity index (χ2v) is 12.5.